The minimum atomic E-state index is -0.950. The van der Waals surface area contributed by atoms with E-state index < -0.39 is 17.9 Å². The Balaban J connectivity index is 1.92. The molecule has 0 radical (unpaired) electrons. The molecule has 2 heterocycles. The quantitative estimate of drug-likeness (QED) is 0.400. The van der Waals surface area contributed by atoms with Gasteiger partial charge in [0, 0.05) is 11.3 Å². The van der Waals surface area contributed by atoms with Crippen LogP contribution in [0, 0.1) is 11.3 Å². The summed E-state index contributed by atoms with van der Waals surface area (Å²) in [5, 5.41) is 11.9. The second-order valence-corrected chi connectivity index (χ2v) is 8.64. The second-order valence-electron chi connectivity index (χ2n) is 7.69. The zero-order valence-corrected chi connectivity index (χ0v) is 20.2. The Morgan fingerprint density at radius 2 is 1.61 bits per heavy atom. The van der Waals surface area contributed by atoms with Crippen LogP contribution < -0.4 is 10.6 Å². The molecule has 2 N–H and O–H groups in total. The lowest BCUT2D eigenvalue weighted by molar-refractivity contribution is -0.139. The van der Waals surface area contributed by atoms with Crippen molar-refractivity contribution in [3.63, 3.8) is 0 Å². The first-order valence-corrected chi connectivity index (χ1v) is 11.6. The zero-order chi connectivity index (χ0) is 25.8. The van der Waals surface area contributed by atoms with Crippen molar-refractivity contribution >= 4 is 34.7 Å². The molecule has 1 aliphatic rings. The largest absolute Gasteiger partial charge is 0.466 e. The third-order valence-corrected chi connectivity index (χ3v) is 6.61. The Labute approximate surface area is 211 Å². The van der Waals surface area contributed by atoms with Gasteiger partial charge in [0.2, 0.25) is 5.78 Å². The van der Waals surface area contributed by atoms with Crippen molar-refractivity contribution in [3.05, 3.63) is 111 Å². The van der Waals surface area contributed by atoms with Crippen molar-refractivity contribution in [2.45, 2.75) is 5.92 Å². The monoisotopic (exact) mass is 499 g/mol. The highest BCUT2D eigenvalue weighted by Gasteiger charge is 2.42. The number of ether oxygens (including phenoxy) is 2. The molecule has 0 spiro atoms. The molecule has 1 aromatic heterocycles. The smallest absolute Gasteiger partial charge is 0.355 e. The molecule has 0 aliphatic carbocycles. The number of nitrogens with two attached hydrogens (primary N) is 1. The van der Waals surface area contributed by atoms with Crippen LogP contribution in [0.1, 0.15) is 26.7 Å². The molecule has 9 heteroatoms. The van der Waals surface area contributed by atoms with E-state index in [1.54, 1.807) is 66.7 Å². The van der Waals surface area contributed by atoms with Gasteiger partial charge in [-0.25, -0.2) is 9.59 Å². The Hall–Kier alpha value is -4.68. The minimum Gasteiger partial charge on any atom is -0.466 e. The van der Waals surface area contributed by atoms with Crippen LogP contribution in [0.3, 0.4) is 0 Å². The third-order valence-electron chi connectivity index (χ3n) is 5.74. The molecule has 1 atom stereocenters. The number of methoxy groups -OCH3 is 2. The summed E-state index contributed by atoms with van der Waals surface area (Å²) in [5.74, 6) is -2.79. The van der Waals surface area contributed by atoms with Gasteiger partial charge in [-0.3, -0.25) is 9.69 Å². The topological polar surface area (TPSA) is 123 Å². The molecule has 180 valence electrons. The Kier molecular flexibility index (Phi) is 6.99. The highest BCUT2D eigenvalue weighted by atomic mass is 32.1. The van der Waals surface area contributed by atoms with Crippen LogP contribution in [-0.4, -0.2) is 31.9 Å². The Bertz CT molecular complexity index is 1420. The highest BCUT2D eigenvalue weighted by Crippen LogP contribution is 2.43. The summed E-state index contributed by atoms with van der Waals surface area (Å²) in [5.41, 5.74) is 7.65. The average Bonchev–Trinajstić information content (AvgIpc) is 3.47. The lowest BCUT2D eigenvalue weighted by Gasteiger charge is -2.35. The summed E-state index contributed by atoms with van der Waals surface area (Å²) in [4.78, 5) is 40.8. The number of carbonyl (C=O) groups is 3. The molecular weight excluding hydrogens is 478 g/mol. The fourth-order valence-corrected chi connectivity index (χ4v) is 4.78. The van der Waals surface area contributed by atoms with Crippen LogP contribution in [0.25, 0.3) is 0 Å². The molecule has 0 fully saturated rings. The average molecular weight is 500 g/mol. The third kappa shape index (κ3) is 4.26. The van der Waals surface area contributed by atoms with Gasteiger partial charge in [0.05, 0.1) is 42.2 Å². The number of anilines is 1. The minimum absolute atomic E-state index is 0.0447. The first kappa shape index (κ1) is 24.4. The van der Waals surface area contributed by atoms with Gasteiger partial charge in [-0.2, -0.15) is 5.26 Å². The summed E-state index contributed by atoms with van der Waals surface area (Å²) in [7, 11) is 2.37. The zero-order valence-electron chi connectivity index (χ0n) is 19.4. The van der Waals surface area contributed by atoms with Gasteiger partial charge in [-0.05, 0) is 41.3 Å². The van der Waals surface area contributed by atoms with Crippen LogP contribution in [0.2, 0.25) is 0 Å². The maximum Gasteiger partial charge on any atom is 0.355 e. The molecule has 2 aromatic carbocycles. The van der Waals surface area contributed by atoms with E-state index >= 15 is 0 Å². The van der Waals surface area contributed by atoms with Gasteiger partial charge >= 0.3 is 11.9 Å². The lowest BCUT2D eigenvalue weighted by atomic mass is 9.81. The number of rotatable bonds is 6. The standard InChI is InChI=1S/C27H21N3O5S/c1-34-26(32)22-21(16-7-4-3-5-8-16)19(15-28)25(29)30(23(22)27(33)35-2)18-12-10-17(11-13-18)24(31)20-9-6-14-36-20/h3-14,21H,29H2,1-2H3. The van der Waals surface area contributed by atoms with E-state index in [-0.39, 0.29) is 28.4 Å². The van der Waals surface area contributed by atoms with Gasteiger partial charge in [0.1, 0.15) is 11.5 Å². The predicted octanol–water partition coefficient (Wildman–Crippen LogP) is 3.88. The number of allylic oxidation sites excluding steroid dienone is 1. The molecule has 8 nitrogen and oxygen atoms in total. The van der Waals surface area contributed by atoms with Crippen LogP contribution in [0.4, 0.5) is 5.69 Å². The first-order chi connectivity index (χ1) is 17.4. The number of ketones is 1. The van der Waals surface area contributed by atoms with E-state index in [9.17, 15) is 19.6 Å². The number of nitriles is 1. The Morgan fingerprint density at radius 3 is 2.17 bits per heavy atom. The van der Waals surface area contributed by atoms with Crippen LogP contribution in [-0.2, 0) is 19.1 Å². The van der Waals surface area contributed by atoms with E-state index in [0.717, 1.165) is 0 Å². The molecule has 0 amide bonds. The first-order valence-electron chi connectivity index (χ1n) is 10.8. The maximum absolute atomic E-state index is 13.1. The number of esters is 2. The molecule has 0 bridgehead atoms. The highest BCUT2D eigenvalue weighted by molar-refractivity contribution is 7.12. The molecule has 1 unspecified atom stereocenters. The van der Waals surface area contributed by atoms with Gasteiger partial charge in [-0.15, -0.1) is 11.3 Å². The summed E-state index contributed by atoms with van der Waals surface area (Å²) >= 11 is 1.33. The molecule has 3 aromatic rings. The number of nitrogens with zero attached hydrogens (tertiary/aromatic N) is 2. The van der Waals surface area contributed by atoms with Gasteiger partial charge < -0.3 is 15.2 Å². The molecule has 0 saturated heterocycles. The van der Waals surface area contributed by atoms with E-state index in [1.165, 1.54) is 30.5 Å². The van der Waals surface area contributed by atoms with Crippen LogP contribution in [0.15, 0.2) is 94.8 Å². The SMILES string of the molecule is COC(=O)C1=C(C(=O)OC)N(c2ccc(C(=O)c3cccs3)cc2)C(N)=C(C#N)C1c1ccccc1. The van der Waals surface area contributed by atoms with Crippen molar-refractivity contribution in [1.29, 1.82) is 5.26 Å². The van der Waals surface area contributed by atoms with E-state index in [2.05, 4.69) is 6.07 Å². The second kappa shape index (κ2) is 10.3. The fourth-order valence-electron chi connectivity index (χ4n) is 4.09. The van der Waals surface area contributed by atoms with Crippen molar-refractivity contribution in [2.24, 2.45) is 5.73 Å². The number of benzene rings is 2. The van der Waals surface area contributed by atoms with E-state index in [0.29, 0.717) is 21.7 Å². The molecule has 1 aliphatic heterocycles. The van der Waals surface area contributed by atoms with E-state index in [4.69, 9.17) is 15.2 Å². The van der Waals surface area contributed by atoms with Gasteiger partial charge in [0.25, 0.3) is 0 Å². The van der Waals surface area contributed by atoms with Crippen molar-refractivity contribution in [1.82, 2.24) is 0 Å². The molecule has 4 rings (SSSR count). The molecular formula is C27H21N3O5S. The maximum atomic E-state index is 13.1. The van der Waals surface area contributed by atoms with Crippen molar-refractivity contribution in [3.8, 4) is 6.07 Å². The molecule has 0 saturated carbocycles. The van der Waals surface area contributed by atoms with Crippen LogP contribution in [0.5, 0.6) is 0 Å². The van der Waals surface area contributed by atoms with Gasteiger partial charge in [-0.1, -0.05) is 36.4 Å². The van der Waals surface area contributed by atoms with E-state index in [1.807, 2.05) is 5.38 Å². The Morgan fingerprint density at radius 1 is 0.944 bits per heavy atom. The molecule has 36 heavy (non-hydrogen) atoms. The lowest BCUT2D eigenvalue weighted by Crippen LogP contribution is -2.40. The predicted molar refractivity (Wildman–Crippen MR) is 134 cm³/mol. The number of thiophene rings is 1. The van der Waals surface area contributed by atoms with Crippen LogP contribution >= 0.6 is 11.3 Å². The number of hydrogen-bond donors (Lipinski definition) is 1. The van der Waals surface area contributed by atoms with Crippen molar-refractivity contribution in [2.75, 3.05) is 19.1 Å². The number of hydrogen-bond acceptors (Lipinski definition) is 9. The fraction of sp³-hybridized carbons (Fsp3) is 0.111. The normalized spacial score (nSPS) is 15.4. The number of carbonyl (C=O) groups excluding carboxylic acids is 3. The summed E-state index contributed by atoms with van der Waals surface area (Å²) in [6, 6.07) is 20.7. The van der Waals surface area contributed by atoms with Crippen molar-refractivity contribution < 1.29 is 23.9 Å². The summed E-state index contributed by atoms with van der Waals surface area (Å²) in [6.45, 7) is 0. The summed E-state index contributed by atoms with van der Waals surface area (Å²) in [6.07, 6.45) is 0. The van der Waals surface area contributed by atoms with Gasteiger partial charge in [0.15, 0.2) is 0 Å². The summed E-state index contributed by atoms with van der Waals surface area (Å²) < 4.78 is 10.0.